The van der Waals surface area contributed by atoms with E-state index in [1.54, 1.807) is 9.80 Å². The summed E-state index contributed by atoms with van der Waals surface area (Å²) in [5.74, 6) is 0.657. The molecule has 0 saturated carbocycles. The van der Waals surface area contributed by atoms with E-state index in [1.807, 2.05) is 0 Å². The first-order valence-electron chi connectivity index (χ1n) is 6.09. The summed E-state index contributed by atoms with van der Waals surface area (Å²) in [5, 5.41) is 3.69. The Morgan fingerprint density at radius 1 is 1.44 bits per heavy atom. The summed E-state index contributed by atoms with van der Waals surface area (Å²) >= 11 is 0. The molecule has 2 aliphatic heterocycles. The SMILES string of the molecule is O=C1C2CCCN2C(=O)CN1CCc1ncon1. The van der Waals surface area contributed by atoms with Crippen molar-refractivity contribution in [3.8, 4) is 0 Å². The Morgan fingerprint density at radius 2 is 2.33 bits per heavy atom. The van der Waals surface area contributed by atoms with E-state index in [0.717, 1.165) is 12.8 Å². The van der Waals surface area contributed by atoms with Crippen LogP contribution in [0.5, 0.6) is 0 Å². The lowest BCUT2D eigenvalue weighted by Crippen LogP contribution is -2.57. The van der Waals surface area contributed by atoms with Gasteiger partial charge in [0, 0.05) is 19.5 Å². The Morgan fingerprint density at radius 3 is 3.11 bits per heavy atom. The lowest BCUT2D eigenvalue weighted by atomic mass is 10.1. The van der Waals surface area contributed by atoms with Gasteiger partial charge in [0.05, 0.1) is 6.54 Å². The minimum absolute atomic E-state index is 0.0465. The molecule has 96 valence electrons. The molecule has 0 bridgehead atoms. The standard InChI is InChI=1S/C11H14N4O3/c16-10-6-14(5-3-9-12-7-18-13-9)11(17)8-2-1-4-15(8)10/h7-8H,1-6H2. The molecule has 1 aromatic heterocycles. The number of fused-ring (bicyclic) bond motifs is 1. The van der Waals surface area contributed by atoms with Crippen LogP contribution in [-0.4, -0.2) is 57.4 Å². The van der Waals surface area contributed by atoms with Crippen LogP contribution in [0.1, 0.15) is 18.7 Å². The van der Waals surface area contributed by atoms with E-state index in [9.17, 15) is 9.59 Å². The molecule has 2 aliphatic rings. The van der Waals surface area contributed by atoms with Gasteiger partial charge in [0.1, 0.15) is 6.04 Å². The van der Waals surface area contributed by atoms with Crippen molar-refractivity contribution >= 4 is 11.8 Å². The van der Waals surface area contributed by atoms with Gasteiger partial charge in [0.2, 0.25) is 18.2 Å². The van der Waals surface area contributed by atoms with Crippen molar-refractivity contribution in [3.05, 3.63) is 12.2 Å². The minimum atomic E-state index is -0.239. The van der Waals surface area contributed by atoms with Crippen molar-refractivity contribution in [3.63, 3.8) is 0 Å². The summed E-state index contributed by atoms with van der Waals surface area (Å²) in [6, 6.07) is -0.239. The lowest BCUT2D eigenvalue weighted by Gasteiger charge is -2.36. The molecule has 3 heterocycles. The van der Waals surface area contributed by atoms with Crippen molar-refractivity contribution in [1.82, 2.24) is 19.9 Å². The number of hydrogen-bond donors (Lipinski definition) is 0. The maximum atomic E-state index is 12.2. The zero-order valence-electron chi connectivity index (χ0n) is 9.91. The van der Waals surface area contributed by atoms with Gasteiger partial charge in [-0.1, -0.05) is 5.16 Å². The Bertz CT molecular complexity index is 459. The van der Waals surface area contributed by atoms with Crippen LogP contribution < -0.4 is 0 Å². The van der Waals surface area contributed by atoms with E-state index in [4.69, 9.17) is 0 Å². The van der Waals surface area contributed by atoms with Gasteiger partial charge in [-0.15, -0.1) is 0 Å². The summed E-state index contributed by atoms with van der Waals surface area (Å²) in [7, 11) is 0. The van der Waals surface area contributed by atoms with Gasteiger partial charge in [-0.05, 0) is 12.8 Å². The predicted octanol–water partition coefficient (Wildman–Crippen LogP) is -0.555. The van der Waals surface area contributed by atoms with E-state index in [1.165, 1.54) is 6.39 Å². The summed E-state index contributed by atoms with van der Waals surface area (Å²) in [5.41, 5.74) is 0. The number of rotatable bonds is 3. The summed E-state index contributed by atoms with van der Waals surface area (Å²) in [4.78, 5) is 31.3. The second-order valence-corrected chi connectivity index (χ2v) is 4.60. The highest BCUT2D eigenvalue weighted by Crippen LogP contribution is 2.23. The zero-order valence-corrected chi connectivity index (χ0v) is 9.91. The van der Waals surface area contributed by atoms with E-state index in [0.29, 0.717) is 25.3 Å². The van der Waals surface area contributed by atoms with Gasteiger partial charge in [0.15, 0.2) is 5.82 Å². The first-order valence-corrected chi connectivity index (χ1v) is 6.09. The molecule has 7 nitrogen and oxygen atoms in total. The highest BCUT2D eigenvalue weighted by Gasteiger charge is 2.41. The van der Waals surface area contributed by atoms with Crippen molar-refractivity contribution in [2.75, 3.05) is 19.6 Å². The molecule has 0 radical (unpaired) electrons. The van der Waals surface area contributed by atoms with Crippen LogP contribution in [0.25, 0.3) is 0 Å². The Hall–Kier alpha value is -1.92. The maximum Gasteiger partial charge on any atom is 0.245 e. The summed E-state index contributed by atoms with van der Waals surface area (Å²) in [6.45, 7) is 1.36. The molecule has 2 amide bonds. The average Bonchev–Trinajstić information content (AvgIpc) is 3.01. The minimum Gasteiger partial charge on any atom is -0.343 e. The molecule has 7 heteroatoms. The second-order valence-electron chi connectivity index (χ2n) is 4.60. The van der Waals surface area contributed by atoms with Crippen molar-refractivity contribution in [2.24, 2.45) is 0 Å². The summed E-state index contributed by atoms with van der Waals surface area (Å²) < 4.78 is 4.63. The number of aromatic nitrogens is 2. The van der Waals surface area contributed by atoms with E-state index < -0.39 is 0 Å². The molecule has 0 N–H and O–H groups in total. The molecule has 0 aliphatic carbocycles. The van der Waals surface area contributed by atoms with Crippen molar-refractivity contribution < 1.29 is 14.1 Å². The van der Waals surface area contributed by atoms with Crippen LogP contribution in [-0.2, 0) is 16.0 Å². The quantitative estimate of drug-likeness (QED) is 0.718. The lowest BCUT2D eigenvalue weighted by molar-refractivity contribution is -0.153. The highest BCUT2D eigenvalue weighted by atomic mass is 16.5. The van der Waals surface area contributed by atoms with Gasteiger partial charge in [0.25, 0.3) is 0 Å². The van der Waals surface area contributed by atoms with Gasteiger partial charge in [-0.2, -0.15) is 4.98 Å². The van der Waals surface area contributed by atoms with Gasteiger partial charge >= 0.3 is 0 Å². The Balaban J connectivity index is 1.65. The normalized spacial score (nSPS) is 23.7. The molecule has 1 unspecified atom stereocenters. The number of hydrogen-bond acceptors (Lipinski definition) is 5. The zero-order chi connectivity index (χ0) is 12.5. The van der Waals surface area contributed by atoms with Crippen LogP contribution in [0, 0.1) is 0 Å². The number of nitrogens with zero attached hydrogens (tertiary/aromatic N) is 4. The third kappa shape index (κ3) is 1.85. The van der Waals surface area contributed by atoms with Crippen LogP contribution in [0.3, 0.4) is 0 Å². The first-order chi connectivity index (χ1) is 8.75. The van der Waals surface area contributed by atoms with Gasteiger partial charge in [-0.3, -0.25) is 9.59 Å². The fourth-order valence-electron chi connectivity index (χ4n) is 2.59. The van der Waals surface area contributed by atoms with Crippen molar-refractivity contribution in [2.45, 2.75) is 25.3 Å². The maximum absolute atomic E-state index is 12.2. The van der Waals surface area contributed by atoms with Crippen LogP contribution in [0.2, 0.25) is 0 Å². The predicted molar refractivity (Wildman–Crippen MR) is 59.3 cm³/mol. The fourth-order valence-corrected chi connectivity index (χ4v) is 2.59. The fraction of sp³-hybridized carbons (Fsp3) is 0.636. The third-order valence-corrected chi connectivity index (χ3v) is 3.51. The van der Waals surface area contributed by atoms with Gasteiger partial charge < -0.3 is 14.3 Å². The van der Waals surface area contributed by atoms with Gasteiger partial charge in [-0.25, -0.2) is 0 Å². The molecule has 2 saturated heterocycles. The molecule has 0 spiro atoms. The average molecular weight is 250 g/mol. The molecule has 2 fully saturated rings. The van der Waals surface area contributed by atoms with E-state index in [-0.39, 0.29) is 24.4 Å². The third-order valence-electron chi connectivity index (χ3n) is 3.51. The molecule has 1 aromatic rings. The largest absolute Gasteiger partial charge is 0.343 e. The van der Waals surface area contributed by atoms with Crippen LogP contribution >= 0.6 is 0 Å². The topological polar surface area (TPSA) is 79.5 Å². The Kier molecular flexibility index (Phi) is 2.73. The molecular weight excluding hydrogens is 236 g/mol. The molecule has 1 atom stereocenters. The molecule has 0 aromatic carbocycles. The smallest absolute Gasteiger partial charge is 0.245 e. The van der Waals surface area contributed by atoms with E-state index in [2.05, 4.69) is 14.7 Å². The molecular formula is C11H14N4O3. The highest BCUT2D eigenvalue weighted by molar-refractivity contribution is 5.95. The van der Waals surface area contributed by atoms with Crippen LogP contribution in [0.4, 0.5) is 0 Å². The molecule has 3 rings (SSSR count). The van der Waals surface area contributed by atoms with Crippen molar-refractivity contribution in [1.29, 1.82) is 0 Å². The second kappa shape index (κ2) is 4.40. The first kappa shape index (κ1) is 11.2. The van der Waals surface area contributed by atoms with E-state index >= 15 is 0 Å². The monoisotopic (exact) mass is 250 g/mol. The number of carbonyl (C=O) groups excluding carboxylic acids is 2. The number of carbonyl (C=O) groups is 2. The Labute approximate surface area is 104 Å². The number of piperazine rings is 1. The molecule has 18 heavy (non-hydrogen) atoms. The summed E-state index contributed by atoms with van der Waals surface area (Å²) in [6.07, 6.45) is 3.48. The van der Waals surface area contributed by atoms with Crippen LogP contribution in [0.15, 0.2) is 10.9 Å². The number of amides is 2.